The minimum atomic E-state index is -0.294. The molecule has 3 heterocycles. The number of hydrogen-bond donors (Lipinski definition) is 1. The van der Waals surface area contributed by atoms with Crippen LogP contribution in [0, 0.1) is 0 Å². The third-order valence-electron chi connectivity index (χ3n) is 5.57. The second-order valence-electron chi connectivity index (χ2n) is 7.22. The van der Waals surface area contributed by atoms with Crippen LogP contribution >= 0.6 is 0 Å². The Kier molecular flexibility index (Phi) is 5.22. The van der Waals surface area contributed by atoms with E-state index < -0.39 is 0 Å². The lowest BCUT2D eigenvalue weighted by molar-refractivity contribution is 0.474. The molecule has 1 aliphatic heterocycles. The molecule has 0 bridgehead atoms. The molecule has 1 aliphatic rings. The van der Waals surface area contributed by atoms with E-state index in [9.17, 15) is 9.59 Å². The van der Waals surface area contributed by atoms with Gasteiger partial charge in [0.2, 0.25) is 5.95 Å². The topological polar surface area (TPSA) is 77.1 Å². The van der Waals surface area contributed by atoms with Crippen molar-refractivity contribution in [2.45, 2.75) is 52.6 Å². The highest BCUT2D eigenvalue weighted by Crippen LogP contribution is 2.26. The first kappa shape index (κ1) is 18.7. The van der Waals surface area contributed by atoms with Crippen LogP contribution in [0.3, 0.4) is 0 Å². The molecular formula is C18H30N6O2. The molecule has 0 aromatic carbocycles. The Morgan fingerprint density at radius 3 is 2.19 bits per heavy atom. The van der Waals surface area contributed by atoms with E-state index in [0.29, 0.717) is 11.2 Å². The number of hydrogen-bond acceptors (Lipinski definition) is 5. The molecule has 3 rings (SSSR count). The maximum absolute atomic E-state index is 13.3. The van der Waals surface area contributed by atoms with Crippen LogP contribution in [0.1, 0.15) is 52.6 Å². The first-order valence-corrected chi connectivity index (χ1v) is 9.61. The van der Waals surface area contributed by atoms with Gasteiger partial charge in [0.1, 0.15) is 0 Å². The zero-order chi connectivity index (χ0) is 19.0. The van der Waals surface area contributed by atoms with Gasteiger partial charge in [-0.25, -0.2) is 4.79 Å². The lowest BCUT2D eigenvalue weighted by atomic mass is 10.2. The standard InChI is InChI=1S/C18H30N6O2/c1-6-12(3)23-14-15(20-17(23)22-10-8-19-9-11-22)21(5)18(26)24(16(14)25)13(4)7-2/h12-13,19H,6-11H2,1-5H3. The monoisotopic (exact) mass is 362 g/mol. The molecule has 1 fully saturated rings. The summed E-state index contributed by atoms with van der Waals surface area (Å²) in [5.41, 5.74) is 0.493. The summed E-state index contributed by atoms with van der Waals surface area (Å²) in [4.78, 5) is 33.1. The summed E-state index contributed by atoms with van der Waals surface area (Å²) < 4.78 is 4.94. The summed E-state index contributed by atoms with van der Waals surface area (Å²) in [7, 11) is 1.71. The third kappa shape index (κ3) is 2.86. The van der Waals surface area contributed by atoms with Crippen LogP contribution in [-0.2, 0) is 7.05 Å². The second-order valence-corrected chi connectivity index (χ2v) is 7.22. The van der Waals surface area contributed by atoms with Crippen molar-refractivity contribution >= 4 is 17.1 Å². The van der Waals surface area contributed by atoms with Gasteiger partial charge < -0.3 is 14.8 Å². The summed E-state index contributed by atoms with van der Waals surface area (Å²) in [5, 5.41) is 3.34. The van der Waals surface area contributed by atoms with E-state index in [1.807, 2.05) is 18.4 Å². The Hall–Kier alpha value is -2.09. The number of nitrogens with zero attached hydrogens (tertiary/aromatic N) is 5. The Bertz CT molecular complexity index is 903. The predicted octanol–water partition coefficient (Wildman–Crippen LogP) is 1.25. The number of nitrogens with one attached hydrogen (secondary N) is 1. The van der Waals surface area contributed by atoms with Gasteiger partial charge >= 0.3 is 5.69 Å². The van der Waals surface area contributed by atoms with E-state index in [2.05, 4.69) is 24.1 Å². The highest BCUT2D eigenvalue weighted by atomic mass is 16.2. The molecule has 2 aromatic heterocycles. The zero-order valence-electron chi connectivity index (χ0n) is 16.4. The molecule has 2 unspecified atom stereocenters. The Labute approximate surface area is 153 Å². The Morgan fingerprint density at radius 1 is 1.04 bits per heavy atom. The molecule has 0 radical (unpaired) electrons. The van der Waals surface area contributed by atoms with Gasteiger partial charge in [-0.2, -0.15) is 4.98 Å². The fourth-order valence-corrected chi connectivity index (χ4v) is 3.55. The maximum Gasteiger partial charge on any atom is 0.332 e. The average molecular weight is 362 g/mol. The lowest BCUT2D eigenvalue weighted by Gasteiger charge is -2.30. The van der Waals surface area contributed by atoms with Crippen molar-refractivity contribution in [1.82, 2.24) is 24.0 Å². The van der Waals surface area contributed by atoms with E-state index in [1.165, 1.54) is 9.13 Å². The molecule has 0 aliphatic carbocycles. The molecule has 8 heteroatoms. The molecule has 1 saturated heterocycles. The number of imidazole rings is 1. The van der Waals surface area contributed by atoms with Gasteiger partial charge in [0.15, 0.2) is 11.2 Å². The molecule has 2 aromatic rings. The first-order chi connectivity index (χ1) is 12.4. The second kappa shape index (κ2) is 7.26. The summed E-state index contributed by atoms with van der Waals surface area (Å²) in [6, 6.07) is -0.0195. The van der Waals surface area contributed by atoms with Crippen LogP contribution in [0.5, 0.6) is 0 Å². The van der Waals surface area contributed by atoms with E-state index in [-0.39, 0.29) is 23.3 Å². The Morgan fingerprint density at radius 2 is 1.62 bits per heavy atom. The average Bonchev–Trinajstić information content (AvgIpc) is 3.07. The molecule has 8 nitrogen and oxygen atoms in total. The fraction of sp³-hybridized carbons (Fsp3) is 0.722. The molecule has 26 heavy (non-hydrogen) atoms. The van der Waals surface area contributed by atoms with Crippen LogP contribution in [0.4, 0.5) is 5.95 Å². The van der Waals surface area contributed by atoms with Crippen LogP contribution in [0.2, 0.25) is 0 Å². The van der Waals surface area contributed by atoms with Gasteiger partial charge in [0, 0.05) is 45.3 Å². The molecule has 0 amide bonds. The highest BCUT2D eigenvalue weighted by molar-refractivity contribution is 5.75. The molecular weight excluding hydrogens is 332 g/mol. The number of aromatic nitrogens is 4. The maximum atomic E-state index is 13.3. The number of rotatable bonds is 5. The summed E-state index contributed by atoms with van der Waals surface area (Å²) >= 11 is 0. The van der Waals surface area contributed by atoms with Crippen molar-refractivity contribution in [2.24, 2.45) is 7.05 Å². The van der Waals surface area contributed by atoms with Crippen molar-refractivity contribution in [2.75, 3.05) is 31.1 Å². The van der Waals surface area contributed by atoms with Crippen molar-refractivity contribution < 1.29 is 0 Å². The summed E-state index contributed by atoms with van der Waals surface area (Å²) in [6.45, 7) is 11.6. The highest BCUT2D eigenvalue weighted by Gasteiger charge is 2.27. The molecule has 2 atom stereocenters. The first-order valence-electron chi connectivity index (χ1n) is 9.61. The zero-order valence-corrected chi connectivity index (χ0v) is 16.4. The van der Waals surface area contributed by atoms with Gasteiger partial charge in [-0.05, 0) is 26.7 Å². The van der Waals surface area contributed by atoms with Gasteiger partial charge in [-0.3, -0.25) is 13.9 Å². The van der Waals surface area contributed by atoms with Crippen molar-refractivity contribution in [3.63, 3.8) is 0 Å². The van der Waals surface area contributed by atoms with Crippen LogP contribution < -0.4 is 21.5 Å². The SMILES string of the molecule is CCC(C)n1c(=O)c2c(nc(N3CCNCC3)n2C(C)CC)n(C)c1=O. The summed E-state index contributed by atoms with van der Waals surface area (Å²) in [6.07, 6.45) is 1.61. The lowest BCUT2D eigenvalue weighted by Crippen LogP contribution is -2.45. The molecule has 1 N–H and O–H groups in total. The Balaban J connectivity index is 2.37. The number of piperazine rings is 1. The van der Waals surface area contributed by atoms with E-state index in [0.717, 1.165) is 45.0 Å². The minimum absolute atomic E-state index is 0.125. The van der Waals surface area contributed by atoms with Crippen LogP contribution in [0.15, 0.2) is 9.59 Å². The van der Waals surface area contributed by atoms with E-state index in [1.54, 1.807) is 7.05 Å². The minimum Gasteiger partial charge on any atom is -0.340 e. The fourth-order valence-electron chi connectivity index (χ4n) is 3.55. The largest absolute Gasteiger partial charge is 0.340 e. The van der Waals surface area contributed by atoms with Crippen LogP contribution in [-0.4, -0.2) is 44.9 Å². The van der Waals surface area contributed by atoms with Gasteiger partial charge in [0.05, 0.1) is 0 Å². The molecule has 144 valence electrons. The smallest absolute Gasteiger partial charge is 0.332 e. The van der Waals surface area contributed by atoms with Crippen LogP contribution in [0.25, 0.3) is 11.2 Å². The third-order valence-corrected chi connectivity index (χ3v) is 5.57. The normalized spacial score (nSPS) is 17.7. The van der Waals surface area contributed by atoms with E-state index >= 15 is 0 Å². The van der Waals surface area contributed by atoms with Gasteiger partial charge in [-0.15, -0.1) is 0 Å². The number of fused-ring (bicyclic) bond motifs is 1. The van der Waals surface area contributed by atoms with Gasteiger partial charge in [-0.1, -0.05) is 13.8 Å². The number of anilines is 1. The predicted molar refractivity (Wildman–Crippen MR) is 104 cm³/mol. The van der Waals surface area contributed by atoms with Crippen molar-refractivity contribution in [3.05, 3.63) is 20.8 Å². The number of aryl methyl sites for hydroxylation is 1. The molecule has 0 spiro atoms. The van der Waals surface area contributed by atoms with E-state index in [4.69, 9.17) is 4.98 Å². The van der Waals surface area contributed by atoms with Gasteiger partial charge in [0.25, 0.3) is 5.56 Å². The van der Waals surface area contributed by atoms with Crippen molar-refractivity contribution in [1.29, 1.82) is 0 Å². The van der Waals surface area contributed by atoms with Crippen molar-refractivity contribution in [3.8, 4) is 0 Å². The quantitative estimate of drug-likeness (QED) is 0.866. The summed E-state index contributed by atoms with van der Waals surface area (Å²) in [5.74, 6) is 0.796. The molecule has 0 saturated carbocycles.